The number of amides is 4. The molecule has 1 saturated heterocycles. The van der Waals surface area contributed by atoms with Gasteiger partial charge < -0.3 is 0 Å². The highest BCUT2D eigenvalue weighted by atomic mass is 32.2. The van der Waals surface area contributed by atoms with E-state index in [-0.39, 0.29) is 12.1 Å². The summed E-state index contributed by atoms with van der Waals surface area (Å²) in [7, 11) is 0. The summed E-state index contributed by atoms with van der Waals surface area (Å²) in [5, 5.41) is 2.77. The minimum Gasteiger partial charge on any atom is -0.273 e. The van der Waals surface area contributed by atoms with Gasteiger partial charge in [0.1, 0.15) is 5.57 Å². The molecule has 8 heteroatoms. The Kier molecular flexibility index (Phi) is 5.26. The highest BCUT2D eigenvalue weighted by Crippen LogP contribution is 2.15. The van der Waals surface area contributed by atoms with Crippen molar-refractivity contribution < 1.29 is 14.4 Å². The number of barbiturate groups is 1. The van der Waals surface area contributed by atoms with E-state index in [0.717, 1.165) is 11.3 Å². The lowest BCUT2D eigenvalue weighted by atomic mass is 10.1. The van der Waals surface area contributed by atoms with E-state index in [9.17, 15) is 14.4 Å². The van der Waals surface area contributed by atoms with Gasteiger partial charge in [0.15, 0.2) is 5.16 Å². The molecule has 0 bridgehead atoms. The average Bonchev–Trinajstić information content (AvgIpc) is 2.52. The Hall–Kier alpha value is -2.22. The second-order valence-corrected chi connectivity index (χ2v) is 5.40. The quantitative estimate of drug-likeness (QED) is 0.382. The second-order valence-electron chi connectivity index (χ2n) is 4.63. The van der Waals surface area contributed by atoms with E-state index in [1.807, 2.05) is 13.2 Å². The van der Waals surface area contributed by atoms with Gasteiger partial charge in [-0.1, -0.05) is 25.1 Å². The van der Waals surface area contributed by atoms with Crippen LogP contribution in [-0.2, 0) is 9.59 Å². The molecule has 7 nitrogen and oxygen atoms in total. The van der Waals surface area contributed by atoms with Crippen LogP contribution in [0.25, 0.3) is 6.08 Å². The van der Waals surface area contributed by atoms with Crippen molar-refractivity contribution in [3.05, 3.63) is 23.5 Å². The van der Waals surface area contributed by atoms with Crippen molar-refractivity contribution in [1.82, 2.24) is 20.2 Å². The third-order valence-corrected chi connectivity index (χ3v) is 3.64. The number of imide groups is 2. The van der Waals surface area contributed by atoms with E-state index >= 15 is 0 Å². The molecule has 0 aliphatic carbocycles. The molecule has 0 atom stereocenters. The maximum Gasteiger partial charge on any atom is 0.331 e. The van der Waals surface area contributed by atoms with Crippen molar-refractivity contribution in [1.29, 1.82) is 0 Å². The molecule has 4 amide bonds. The van der Waals surface area contributed by atoms with Gasteiger partial charge in [-0.05, 0) is 18.8 Å². The SMILES string of the molecule is CCCCN1C(=O)NC(=O)/C(=C\c2cnc(SC)nc2)C1=O. The molecule has 0 spiro atoms. The molecule has 22 heavy (non-hydrogen) atoms. The Balaban J connectivity index is 2.26. The van der Waals surface area contributed by atoms with Crippen LogP contribution in [0.3, 0.4) is 0 Å². The Bertz CT molecular complexity index is 627. The third-order valence-electron chi connectivity index (χ3n) is 3.06. The summed E-state index contributed by atoms with van der Waals surface area (Å²) in [6.07, 6.45) is 7.83. The summed E-state index contributed by atoms with van der Waals surface area (Å²) in [5.41, 5.74) is 0.442. The predicted octanol–water partition coefficient (Wildman–Crippen LogP) is 1.46. The Labute approximate surface area is 132 Å². The van der Waals surface area contributed by atoms with Crippen molar-refractivity contribution >= 4 is 35.7 Å². The van der Waals surface area contributed by atoms with Crippen LogP contribution in [0.15, 0.2) is 23.1 Å². The zero-order valence-corrected chi connectivity index (χ0v) is 13.1. The number of urea groups is 1. The maximum atomic E-state index is 12.3. The second kappa shape index (κ2) is 7.17. The van der Waals surface area contributed by atoms with Crippen LogP contribution < -0.4 is 5.32 Å². The van der Waals surface area contributed by atoms with Gasteiger partial charge in [0.2, 0.25) is 0 Å². The fourth-order valence-electron chi connectivity index (χ4n) is 1.89. The van der Waals surface area contributed by atoms with Crippen molar-refractivity contribution in [3.8, 4) is 0 Å². The highest BCUT2D eigenvalue weighted by Gasteiger charge is 2.35. The number of carbonyl (C=O) groups excluding carboxylic acids is 3. The molecule has 0 saturated carbocycles. The fourth-order valence-corrected chi connectivity index (χ4v) is 2.20. The number of aromatic nitrogens is 2. The first kappa shape index (κ1) is 16.2. The molecule has 1 fully saturated rings. The highest BCUT2D eigenvalue weighted by molar-refractivity contribution is 7.98. The molecule has 116 valence electrons. The molecule has 0 unspecified atom stereocenters. The van der Waals surface area contributed by atoms with Gasteiger partial charge in [0, 0.05) is 24.5 Å². The van der Waals surface area contributed by atoms with Gasteiger partial charge >= 0.3 is 6.03 Å². The fraction of sp³-hybridized carbons (Fsp3) is 0.357. The molecule has 0 aromatic carbocycles. The molecular weight excluding hydrogens is 304 g/mol. The molecule has 2 rings (SSSR count). The van der Waals surface area contributed by atoms with Gasteiger partial charge in [0.05, 0.1) is 0 Å². The topological polar surface area (TPSA) is 92.3 Å². The van der Waals surface area contributed by atoms with Gasteiger partial charge in [-0.15, -0.1) is 0 Å². The lowest BCUT2D eigenvalue weighted by molar-refractivity contribution is -0.130. The Morgan fingerprint density at radius 2 is 1.95 bits per heavy atom. The maximum absolute atomic E-state index is 12.3. The number of hydrogen-bond acceptors (Lipinski definition) is 6. The minimum absolute atomic E-state index is 0.0868. The van der Waals surface area contributed by atoms with Crippen LogP contribution in [0.5, 0.6) is 0 Å². The third kappa shape index (κ3) is 3.51. The van der Waals surface area contributed by atoms with E-state index in [1.54, 1.807) is 0 Å². The first-order valence-corrected chi connectivity index (χ1v) is 8.04. The largest absolute Gasteiger partial charge is 0.331 e. The van der Waals surface area contributed by atoms with Crippen molar-refractivity contribution in [2.75, 3.05) is 12.8 Å². The first-order chi connectivity index (χ1) is 10.6. The van der Waals surface area contributed by atoms with E-state index in [0.29, 0.717) is 17.1 Å². The van der Waals surface area contributed by atoms with E-state index in [2.05, 4.69) is 15.3 Å². The Morgan fingerprint density at radius 3 is 2.55 bits per heavy atom. The summed E-state index contributed by atoms with van der Waals surface area (Å²) in [6, 6.07) is -0.672. The molecule has 1 N–H and O–H groups in total. The smallest absolute Gasteiger partial charge is 0.273 e. The van der Waals surface area contributed by atoms with Crippen LogP contribution in [-0.4, -0.2) is 45.5 Å². The normalized spacial score (nSPS) is 17.1. The van der Waals surface area contributed by atoms with Gasteiger partial charge in [-0.25, -0.2) is 14.8 Å². The van der Waals surface area contributed by atoms with Crippen LogP contribution in [0.1, 0.15) is 25.3 Å². The zero-order valence-electron chi connectivity index (χ0n) is 12.3. The molecule has 0 radical (unpaired) electrons. The van der Waals surface area contributed by atoms with E-state index in [4.69, 9.17) is 0 Å². The first-order valence-electron chi connectivity index (χ1n) is 6.81. The number of carbonyl (C=O) groups is 3. The van der Waals surface area contributed by atoms with Crippen LogP contribution in [0, 0.1) is 0 Å². The molecule has 1 aromatic heterocycles. The van der Waals surface area contributed by atoms with Crippen molar-refractivity contribution in [3.63, 3.8) is 0 Å². The number of hydrogen-bond donors (Lipinski definition) is 1. The number of nitrogens with one attached hydrogen (secondary N) is 1. The summed E-state index contributed by atoms with van der Waals surface area (Å²) in [5.74, 6) is -1.28. The number of unbranched alkanes of at least 4 members (excludes halogenated alkanes) is 1. The minimum atomic E-state index is -0.698. The summed E-state index contributed by atoms with van der Waals surface area (Å²) in [6.45, 7) is 2.24. The monoisotopic (exact) mass is 320 g/mol. The summed E-state index contributed by atoms with van der Waals surface area (Å²) in [4.78, 5) is 45.1. The number of nitrogens with zero attached hydrogens (tertiary/aromatic N) is 3. The van der Waals surface area contributed by atoms with Crippen LogP contribution in [0.4, 0.5) is 4.79 Å². The molecular formula is C14H16N4O3S. The molecule has 2 heterocycles. The van der Waals surface area contributed by atoms with E-state index < -0.39 is 17.8 Å². The van der Waals surface area contributed by atoms with Gasteiger partial charge in [-0.2, -0.15) is 0 Å². The lowest BCUT2D eigenvalue weighted by Crippen LogP contribution is -2.54. The zero-order chi connectivity index (χ0) is 16.1. The standard InChI is InChI=1S/C14H16N4O3S/c1-3-4-5-18-12(20)10(11(19)17-14(18)21)6-9-7-15-13(22-2)16-8-9/h6-8H,3-5H2,1-2H3,(H,17,19,21)/b10-6+. The summed E-state index contributed by atoms with van der Waals surface area (Å²) >= 11 is 1.39. The van der Waals surface area contributed by atoms with E-state index in [1.165, 1.54) is 30.2 Å². The molecule has 1 aromatic rings. The Morgan fingerprint density at radius 1 is 1.27 bits per heavy atom. The molecule has 1 aliphatic rings. The predicted molar refractivity (Wildman–Crippen MR) is 81.9 cm³/mol. The number of thioether (sulfide) groups is 1. The van der Waals surface area contributed by atoms with Crippen LogP contribution >= 0.6 is 11.8 Å². The van der Waals surface area contributed by atoms with Gasteiger partial charge in [-0.3, -0.25) is 19.8 Å². The molecule has 1 aliphatic heterocycles. The van der Waals surface area contributed by atoms with Crippen LogP contribution in [0.2, 0.25) is 0 Å². The van der Waals surface area contributed by atoms with Crippen molar-refractivity contribution in [2.45, 2.75) is 24.9 Å². The van der Waals surface area contributed by atoms with Gasteiger partial charge in [0.25, 0.3) is 11.8 Å². The summed E-state index contributed by atoms with van der Waals surface area (Å²) < 4.78 is 0. The van der Waals surface area contributed by atoms with Crippen molar-refractivity contribution in [2.24, 2.45) is 0 Å². The number of rotatable bonds is 5. The average molecular weight is 320 g/mol. The lowest BCUT2D eigenvalue weighted by Gasteiger charge is -2.26.